The lowest BCUT2D eigenvalue weighted by atomic mass is 10.1. The fraction of sp³-hybridized carbons (Fsp3) is 0.571. The first-order valence-electron chi connectivity index (χ1n) is 6.84. The SMILES string of the molecule is CSCCNS(=O)(=O)c1cc(CNC2CC2)ccc1C. The van der Waals surface area contributed by atoms with Crippen molar-refractivity contribution < 1.29 is 8.42 Å². The number of rotatable bonds is 8. The molecule has 6 heteroatoms. The molecule has 4 nitrogen and oxygen atoms in total. The summed E-state index contributed by atoms with van der Waals surface area (Å²) in [6.07, 6.45) is 4.42. The summed E-state index contributed by atoms with van der Waals surface area (Å²) in [7, 11) is -3.40. The summed E-state index contributed by atoms with van der Waals surface area (Å²) in [5.74, 6) is 0.779. The zero-order valence-corrected chi connectivity index (χ0v) is 13.6. The summed E-state index contributed by atoms with van der Waals surface area (Å²) >= 11 is 1.63. The van der Waals surface area contributed by atoms with E-state index in [4.69, 9.17) is 0 Å². The van der Waals surface area contributed by atoms with Crippen molar-refractivity contribution in [3.05, 3.63) is 29.3 Å². The maximum absolute atomic E-state index is 12.3. The summed E-state index contributed by atoms with van der Waals surface area (Å²) in [4.78, 5) is 0.397. The maximum atomic E-state index is 12.3. The van der Waals surface area contributed by atoms with E-state index in [-0.39, 0.29) is 0 Å². The van der Waals surface area contributed by atoms with E-state index >= 15 is 0 Å². The quantitative estimate of drug-likeness (QED) is 0.720. The third-order valence-corrected chi connectivity index (χ3v) is 5.53. The summed E-state index contributed by atoms with van der Waals surface area (Å²) in [5, 5.41) is 3.40. The molecule has 0 aromatic heterocycles. The van der Waals surface area contributed by atoms with Crippen LogP contribution in [-0.2, 0) is 16.6 Å². The molecule has 0 aliphatic heterocycles. The van der Waals surface area contributed by atoms with Crippen LogP contribution < -0.4 is 10.0 Å². The molecule has 0 saturated heterocycles. The number of benzene rings is 1. The minimum absolute atomic E-state index is 0.397. The van der Waals surface area contributed by atoms with Crippen molar-refractivity contribution in [2.75, 3.05) is 18.6 Å². The second kappa shape index (κ2) is 6.93. The van der Waals surface area contributed by atoms with E-state index in [2.05, 4.69) is 10.0 Å². The Bertz CT molecular complexity index is 554. The minimum atomic E-state index is -3.40. The van der Waals surface area contributed by atoms with Gasteiger partial charge in [-0.25, -0.2) is 13.1 Å². The van der Waals surface area contributed by atoms with Crippen molar-refractivity contribution >= 4 is 21.8 Å². The molecule has 1 aliphatic rings. The molecule has 2 N–H and O–H groups in total. The monoisotopic (exact) mass is 314 g/mol. The van der Waals surface area contributed by atoms with Crippen molar-refractivity contribution in [2.45, 2.75) is 37.2 Å². The van der Waals surface area contributed by atoms with Gasteiger partial charge in [-0.3, -0.25) is 0 Å². The molecule has 1 fully saturated rings. The third kappa shape index (κ3) is 4.48. The average Bonchev–Trinajstić information content (AvgIpc) is 3.22. The van der Waals surface area contributed by atoms with E-state index in [1.165, 1.54) is 12.8 Å². The van der Waals surface area contributed by atoms with Crippen LogP contribution in [0.25, 0.3) is 0 Å². The molecule has 112 valence electrons. The lowest BCUT2D eigenvalue weighted by Crippen LogP contribution is -2.27. The van der Waals surface area contributed by atoms with Crippen LogP contribution in [0.1, 0.15) is 24.0 Å². The van der Waals surface area contributed by atoms with Gasteiger partial charge in [-0.2, -0.15) is 11.8 Å². The van der Waals surface area contributed by atoms with Crippen LogP contribution in [0.3, 0.4) is 0 Å². The van der Waals surface area contributed by atoms with Gasteiger partial charge in [0, 0.05) is 24.9 Å². The van der Waals surface area contributed by atoms with Crippen LogP contribution in [-0.4, -0.2) is 33.0 Å². The Balaban J connectivity index is 2.09. The van der Waals surface area contributed by atoms with Crippen molar-refractivity contribution in [2.24, 2.45) is 0 Å². The fourth-order valence-electron chi connectivity index (χ4n) is 1.95. The Labute approximate surface area is 125 Å². The predicted molar refractivity (Wildman–Crippen MR) is 84.6 cm³/mol. The molecule has 1 aromatic carbocycles. The summed E-state index contributed by atoms with van der Waals surface area (Å²) < 4.78 is 27.2. The largest absolute Gasteiger partial charge is 0.310 e. The normalized spacial score (nSPS) is 15.5. The number of hydrogen-bond acceptors (Lipinski definition) is 4. The molecule has 0 unspecified atom stereocenters. The fourth-order valence-corrected chi connectivity index (χ4v) is 3.71. The van der Waals surface area contributed by atoms with E-state index in [0.29, 0.717) is 17.5 Å². The van der Waals surface area contributed by atoms with Crippen LogP contribution >= 0.6 is 11.8 Å². The molecule has 1 saturated carbocycles. The van der Waals surface area contributed by atoms with E-state index in [0.717, 1.165) is 23.4 Å². The second-order valence-electron chi connectivity index (χ2n) is 5.15. The molecule has 0 spiro atoms. The van der Waals surface area contributed by atoms with Crippen molar-refractivity contribution in [3.8, 4) is 0 Å². The topological polar surface area (TPSA) is 58.2 Å². The number of hydrogen-bond donors (Lipinski definition) is 2. The van der Waals surface area contributed by atoms with Gasteiger partial charge in [-0.05, 0) is 43.2 Å². The Kier molecular flexibility index (Phi) is 5.49. The van der Waals surface area contributed by atoms with Crippen LogP contribution in [0.4, 0.5) is 0 Å². The minimum Gasteiger partial charge on any atom is -0.310 e. The number of nitrogens with one attached hydrogen (secondary N) is 2. The van der Waals surface area contributed by atoms with E-state index in [1.807, 2.05) is 25.3 Å². The van der Waals surface area contributed by atoms with Crippen LogP contribution in [0, 0.1) is 6.92 Å². The highest BCUT2D eigenvalue weighted by atomic mass is 32.2. The van der Waals surface area contributed by atoms with Crippen molar-refractivity contribution in [1.82, 2.24) is 10.0 Å². The van der Waals surface area contributed by atoms with E-state index in [9.17, 15) is 8.42 Å². The van der Waals surface area contributed by atoms with Gasteiger partial charge in [0.2, 0.25) is 10.0 Å². The van der Waals surface area contributed by atoms with Gasteiger partial charge in [0.15, 0.2) is 0 Å². The van der Waals surface area contributed by atoms with Crippen LogP contribution in [0.2, 0.25) is 0 Å². The number of sulfonamides is 1. The Morgan fingerprint density at radius 2 is 2.10 bits per heavy atom. The highest BCUT2D eigenvalue weighted by Crippen LogP contribution is 2.21. The highest BCUT2D eigenvalue weighted by Gasteiger charge is 2.21. The van der Waals surface area contributed by atoms with E-state index < -0.39 is 10.0 Å². The molecule has 1 aliphatic carbocycles. The average molecular weight is 314 g/mol. The summed E-state index contributed by atoms with van der Waals surface area (Å²) in [5.41, 5.74) is 1.81. The van der Waals surface area contributed by atoms with Crippen molar-refractivity contribution in [1.29, 1.82) is 0 Å². The van der Waals surface area contributed by atoms with Gasteiger partial charge in [-0.15, -0.1) is 0 Å². The Hall–Kier alpha value is -0.560. The molecule has 0 bridgehead atoms. The highest BCUT2D eigenvalue weighted by molar-refractivity contribution is 7.98. The first-order valence-corrected chi connectivity index (χ1v) is 9.72. The zero-order valence-electron chi connectivity index (χ0n) is 12.0. The molecule has 20 heavy (non-hydrogen) atoms. The van der Waals surface area contributed by atoms with E-state index in [1.54, 1.807) is 17.8 Å². The van der Waals surface area contributed by atoms with Crippen LogP contribution in [0.5, 0.6) is 0 Å². The summed E-state index contributed by atoms with van der Waals surface area (Å²) in [6.45, 7) is 3.03. The van der Waals surface area contributed by atoms with Gasteiger partial charge in [0.05, 0.1) is 4.90 Å². The molecular weight excluding hydrogens is 292 g/mol. The predicted octanol–water partition coefficient (Wildman–Crippen LogP) is 1.89. The second-order valence-corrected chi connectivity index (χ2v) is 7.87. The molecule has 1 aromatic rings. The Morgan fingerprint density at radius 1 is 1.35 bits per heavy atom. The zero-order chi connectivity index (χ0) is 14.6. The van der Waals surface area contributed by atoms with Gasteiger partial charge >= 0.3 is 0 Å². The lowest BCUT2D eigenvalue weighted by Gasteiger charge is -2.11. The Morgan fingerprint density at radius 3 is 2.75 bits per heavy atom. The van der Waals surface area contributed by atoms with Crippen molar-refractivity contribution in [3.63, 3.8) is 0 Å². The molecule has 2 rings (SSSR count). The van der Waals surface area contributed by atoms with Gasteiger partial charge in [0.1, 0.15) is 0 Å². The first kappa shape index (κ1) is 15.8. The molecule has 0 radical (unpaired) electrons. The molecule has 0 amide bonds. The standard InChI is InChI=1S/C14H22N2O2S2/c1-11-3-4-12(10-15-13-5-6-13)9-14(11)20(17,18)16-7-8-19-2/h3-4,9,13,15-16H,5-8,10H2,1-2H3. The van der Waals surface area contributed by atoms with Gasteiger partial charge in [-0.1, -0.05) is 12.1 Å². The number of aryl methyl sites for hydroxylation is 1. The molecular formula is C14H22N2O2S2. The van der Waals surface area contributed by atoms with Gasteiger partial charge in [0.25, 0.3) is 0 Å². The van der Waals surface area contributed by atoms with Gasteiger partial charge < -0.3 is 5.32 Å². The lowest BCUT2D eigenvalue weighted by molar-refractivity contribution is 0.583. The molecule has 0 atom stereocenters. The summed E-state index contributed by atoms with van der Waals surface area (Å²) in [6, 6.07) is 6.28. The van der Waals surface area contributed by atoms with Crippen LogP contribution in [0.15, 0.2) is 23.1 Å². The third-order valence-electron chi connectivity index (χ3n) is 3.31. The maximum Gasteiger partial charge on any atom is 0.240 e. The molecule has 0 heterocycles. The number of thioether (sulfide) groups is 1. The first-order chi connectivity index (χ1) is 9.53. The smallest absolute Gasteiger partial charge is 0.240 e.